The van der Waals surface area contributed by atoms with Crippen LogP contribution in [0.25, 0.3) is 11.5 Å². The summed E-state index contributed by atoms with van der Waals surface area (Å²) in [6, 6.07) is 9.61. The predicted octanol–water partition coefficient (Wildman–Crippen LogP) is 1.79. The van der Waals surface area contributed by atoms with E-state index in [9.17, 15) is 4.79 Å². The van der Waals surface area contributed by atoms with Crippen molar-refractivity contribution in [3.63, 3.8) is 0 Å². The summed E-state index contributed by atoms with van der Waals surface area (Å²) < 4.78 is 7.51. The van der Waals surface area contributed by atoms with Crippen molar-refractivity contribution < 1.29 is 9.21 Å². The average molecular weight is 351 g/mol. The minimum Gasteiger partial charge on any atom is -0.444 e. The van der Waals surface area contributed by atoms with Crippen LogP contribution < -0.4 is 5.32 Å². The van der Waals surface area contributed by atoms with Crippen molar-refractivity contribution in [3.8, 4) is 11.5 Å². The van der Waals surface area contributed by atoms with E-state index in [1.165, 1.54) is 0 Å². The molecule has 2 aromatic heterocycles. The van der Waals surface area contributed by atoms with Crippen molar-refractivity contribution in [2.75, 3.05) is 19.6 Å². The number of benzene rings is 1. The van der Waals surface area contributed by atoms with E-state index >= 15 is 0 Å². The van der Waals surface area contributed by atoms with Crippen molar-refractivity contribution >= 4 is 5.91 Å². The molecule has 1 aromatic carbocycles. The number of rotatable bonds is 4. The molecule has 4 rings (SSSR count). The van der Waals surface area contributed by atoms with Gasteiger partial charge in [0, 0.05) is 44.6 Å². The summed E-state index contributed by atoms with van der Waals surface area (Å²) in [5, 5.41) is 3.34. The Bertz CT molecular complexity index is 886. The molecule has 7 nitrogen and oxygen atoms in total. The minimum atomic E-state index is -0.0725. The molecule has 26 heavy (non-hydrogen) atoms. The Morgan fingerprint density at radius 2 is 2.19 bits per heavy atom. The lowest BCUT2D eigenvalue weighted by molar-refractivity contribution is -0.134. The molecule has 1 aliphatic rings. The molecule has 3 heterocycles. The van der Waals surface area contributed by atoms with E-state index in [4.69, 9.17) is 4.42 Å². The number of piperazine rings is 1. The van der Waals surface area contributed by atoms with Crippen LogP contribution in [-0.2, 0) is 18.3 Å². The number of carbonyl (C=O) groups is 1. The molecule has 0 saturated carbocycles. The quantitative estimate of drug-likeness (QED) is 0.776. The first-order valence-corrected chi connectivity index (χ1v) is 8.69. The van der Waals surface area contributed by atoms with Gasteiger partial charge >= 0.3 is 0 Å². The minimum absolute atomic E-state index is 0.0346. The number of hydrogen-bond acceptors (Lipinski definition) is 5. The number of hydrogen-bond donors (Lipinski definition) is 1. The van der Waals surface area contributed by atoms with E-state index in [2.05, 4.69) is 15.3 Å². The van der Waals surface area contributed by atoms with E-state index in [0.29, 0.717) is 24.7 Å². The third-order valence-electron chi connectivity index (χ3n) is 4.63. The number of aromatic nitrogens is 3. The van der Waals surface area contributed by atoms with Crippen molar-refractivity contribution in [2.45, 2.75) is 12.5 Å². The Hall–Kier alpha value is -2.93. The molecule has 134 valence electrons. The summed E-state index contributed by atoms with van der Waals surface area (Å²) in [5.74, 6) is 1.46. The Kier molecular flexibility index (Phi) is 4.53. The Labute approximate surface area is 151 Å². The van der Waals surface area contributed by atoms with E-state index < -0.39 is 0 Å². The highest BCUT2D eigenvalue weighted by atomic mass is 16.3. The number of nitrogens with one attached hydrogen (secondary N) is 1. The molecule has 1 fully saturated rings. The van der Waals surface area contributed by atoms with E-state index in [0.717, 1.165) is 17.9 Å². The van der Waals surface area contributed by atoms with Crippen molar-refractivity contribution in [1.82, 2.24) is 24.8 Å². The lowest BCUT2D eigenvalue weighted by atomic mass is 10.1. The molecule has 1 unspecified atom stereocenters. The summed E-state index contributed by atoms with van der Waals surface area (Å²) >= 11 is 0. The van der Waals surface area contributed by atoms with Gasteiger partial charge in [-0.3, -0.25) is 4.79 Å². The molecule has 1 atom stereocenters. The molecule has 1 N–H and O–H groups in total. The highest BCUT2D eigenvalue weighted by Crippen LogP contribution is 2.23. The Balaban J connectivity index is 1.50. The zero-order valence-corrected chi connectivity index (χ0v) is 14.6. The van der Waals surface area contributed by atoms with Crippen LogP contribution in [0.2, 0.25) is 0 Å². The molecule has 7 heteroatoms. The number of carbonyl (C=O) groups excluding carboxylic acids is 1. The molecule has 0 bridgehead atoms. The second-order valence-electron chi connectivity index (χ2n) is 6.39. The van der Waals surface area contributed by atoms with Crippen LogP contribution in [-0.4, -0.2) is 45.0 Å². The summed E-state index contributed by atoms with van der Waals surface area (Å²) in [4.78, 5) is 23.7. The lowest BCUT2D eigenvalue weighted by Gasteiger charge is -2.35. The lowest BCUT2D eigenvalue weighted by Crippen LogP contribution is -2.49. The van der Waals surface area contributed by atoms with Crippen LogP contribution in [0.4, 0.5) is 0 Å². The fraction of sp³-hybridized carbons (Fsp3) is 0.316. The van der Waals surface area contributed by atoms with Gasteiger partial charge in [0.2, 0.25) is 11.8 Å². The zero-order valence-electron chi connectivity index (χ0n) is 14.6. The maximum atomic E-state index is 12.9. The Morgan fingerprint density at radius 3 is 2.96 bits per heavy atom. The van der Waals surface area contributed by atoms with Crippen molar-refractivity contribution in [1.29, 1.82) is 0 Å². The largest absolute Gasteiger partial charge is 0.444 e. The van der Waals surface area contributed by atoms with Crippen LogP contribution >= 0.6 is 0 Å². The van der Waals surface area contributed by atoms with Gasteiger partial charge in [-0.15, -0.1) is 0 Å². The van der Waals surface area contributed by atoms with Gasteiger partial charge in [0.1, 0.15) is 18.1 Å². The van der Waals surface area contributed by atoms with E-state index in [-0.39, 0.29) is 18.4 Å². The van der Waals surface area contributed by atoms with Gasteiger partial charge in [0.25, 0.3) is 0 Å². The van der Waals surface area contributed by atoms with Crippen LogP contribution in [0.15, 0.2) is 53.4 Å². The van der Waals surface area contributed by atoms with Gasteiger partial charge in [0.05, 0.1) is 12.1 Å². The molecule has 1 amide bonds. The topological polar surface area (TPSA) is 76.2 Å². The number of imidazole rings is 1. The maximum absolute atomic E-state index is 12.9. The molecular formula is C19H21N5O2. The van der Waals surface area contributed by atoms with Crippen molar-refractivity contribution in [2.24, 2.45) is 7.05 Å². The maximum Gasteiger partial charge on any atom is 0.229 e. The van der Waals surface area contributed by atoms with Crippen LogP contribution in [0.3, 0.4) is 0 Å². The Morgan fingerprint density at radius 1 is 1.35 bits per heavy atom. The van der Waals surface area contributed by atoms with Gasteiger partial charge in [-0.1, -0.05) is 18.2 Å². The van der Waals surface area contributed by atoms with Crippen LogP contribution in [0.5, 0.6) is 0 Å². The van der Waals surface area contributed by atoms with Gasteiger partial charge in [-0.05, 0) is 12.1 Å². The van der Waals surface area contributed by atoms with E-state index in [1.54, 1.807) is 12.5 Å². The standard InChI is InChI=1S/C19H21N5O2/c1-23-9-8-21-18(23)16-12-20-7-10-24(16)17(25)11-15-13-26-19(22-15)14-5-3-2-4-6-14/h2-6,8-9,13,16,20H,7,10-12H2,1H3. The third kappa shape index (κ3) is 3.25. The number of oxazole rings is 1. The number of nitrogens with zero attached hydrogens (tertiary/aromatic N) is 4. The molecule has 1 saturated heterocycles. The first-order valence-electron chi connectivity index (χ1n) is 8.69. The summed E-state index contributed by atoms with van der Waals surface area (Å²) in [6.07, 6.45) is 5.45. The van der Waals surface area contributed by atoms with Gasteiger partial charge in [-0.25, -0.2) is 9.97 Å². The zero-order chi connectivity index (χ0) is 17.9. The number of aryl methyl sites for hydroxylation is 1. The molecule has 1 aliphatic heterocycles. The highest BCUT2D eigenvalue weighted by Gasteiger charge is 2.30. The first-order chi connectivity index (χ1) is 12.7. The highest BCUT2D eigenvalue weighted by molar-refractivity contribution is 5.79. The molecule has 0 spiro atoms. The SMILES string of the molecule is Cn1ccnc1C1CNCCN1C(=O)Cc1coc(-c2ccccc2)n1. The second kappa shape index (κ2) is 7.13. The molecular weight excluding hydrogens is 330 g/mol. The van der Waals surface area contributed by atoms with Crippen LogP contribution in [0.1, 0.15) is 17.6 Å². The molecule has 3 aromatic rings. The molecule has 0 aliphatic carbocycles. The fourth-order valence-corrected chi connectivity index (χ4v) is 3.29. The predicted molar refractivity (Wildman–Crippen MR) is 96.2 cm³/mol. The first kappa shape index (κ1) is 16.5. The van der Waals surface area contributed by atoms with E-state index in [1.807, 2.05) is 53.0 Å². The van der Waals surface area contributed by atoms with Crippen molar-refractivity contribution in [3.05, 3.63) is 60.5 Å². The number of amides is 1. The van der Waals surface area contributed by atoms with Crippen LogP contribution in [0, 0.1) is 0 Å². The summed E-state index contributed by atoms with van der Waals surface area (Å²) in [7, 11) is 1.95. The molecule has 0 radical (unpaired) electrons. The monoisotopic (exact) mass is 351 g/mol. The average Bonchev–Trinajstić information content (AvgIpc) is 3.31. The smallest absolute Gasteiger partial charge is 0.229 e. The summed E-state index contributed by atoms with van der Waals surface area (Å²) in [6.45, 7) is 2.13. The fourth-order valence-electron chi connectivity index (χ4n) is 3.29. The van der Waals surface area contributed by atoms with Gasteiger partial charge in [-0.2, -0.15) is 0 Å². The van der Waals surface area contributed by atoms with Gasteiger partial charge in [0.15, 0.2) is 0 Å². The van der Waals surface area contributed by atoms with Gasteiger partial charge < -0.3 is 19.2 Å². The third-order valence-corrected chi connectivity index (χ3v) is 4.63. The second-order valence-corrected chi connectivity index (χ2v) is 6.39. The normalized spacial score (nSPS) is 17.4. The summed E-state index contributed by atoms with van der Waals surface area (Å²) in [5.41, 5.74) is 1.55.